The number of carbonyl (C=O) groups is 1. The molecule has 0 saturated heterocycles. The Morgan fingerprint density at radius 1 is 1.06 bits per heavy atom. The van der Waals surface area contributed by atoms with Crippen LogP contribution in [0.1, 0.15) is 66.0 Å². The minimum absolute atomic E-state index is 0.0418. The summed E-state index contributed by atoms with van der Waals surface area (Å²) < 4.78 is 1.74. The maximum atomic E-state index is 13.1. The second-order valence-corrected chi connectivity index (χ2v) is 9.60. The molecule has 3 aromatic rings. The fourth-order valence-electron chi connectivity index (χ4n) is 4.98. The lowest BCUT2D eigenvalue weighted by molar-refractivity contribution is -0.115. The van der Waals surface area contributed by atoms with Crippen molar-refractivity contribution in [2.45, 2.75) is 78.8 Å². The van der Waals surface area contributed by atoms with E-state index in [9.17, 15) is 4.79 Å². The van der Waals surface area contributed by atoms with Crippen LogP contribution in [-0.4, -0.2) is 43.6 Å². The molecule has 1 fully saturated rings. The highest BCUT2D eigenvalue weighted by molar-refractivity contribution is 5.93. The standard InChI is InChI=1S/C27H36N6O/c1-18-15-19(2)29-27(28-18)33-21(4)24(20(3)31-33)16-26(34)30-25-14-10-9-11-22(25)17-32(5)23-12-7-6-8-13-23/h9-11,14-15,23H,6-8,12-13,16-17H2,1-5H3,(H,30,34). The van der Waals surface area contributed by atoms with E-state index in [1.165, 1.54) is 32.1 Å². The third-order valence-corrected chi connectivity index (χ3v) is 6.85. The molecule has 2 aromatic heterocycles. The van der Waals surface area contributed by atoms with Crippen molar-refractivity contribution in [1.29, 1.82) is 0 Å². The summed E-state index contributed by atoms with van der Waals surface area (Å²) in [5.74, 6) is 0.501. The minimum Gasteiger partial charge on any atom is -0.325 e. The van der Waals surface area contributed by atoms with Gasteiger partial charge in [0.25, 0.3) is 5.95 Å². The van der Waals surface area contributed by atoms with Crippen LogP contribution in [0.4, 0.5) is 5.69 Å². The van der Waals surface area contributed by atoms with Gasteiger partial charge in [0.15, 0.2) is 0 Å². The molecule has 1 amide bonds. The van der Waals surface area contributed by atoms with Crippen molar-refractivity contribution in [3.05, 3.63) is 64.2 Å². The highest BCUT2D eigenvalue weighted by Crippen LogP contribution is 2.25. The van der Waals surface area contributed by atoms with Crippen LogP contribution in [0.25, 0.3) is 5.95 Å². The zero-order valence-electron chi connectivity index (χ0n) is 21.1. The van der Waals surface area contributed by atoms with E-state index < -0.39 is 0 Å². The first-order chi connectivity index (χ1) is 16.3. The van der Waals surface area contributed by atoms with E-state index >= 15 is 0 Å². The third kappa shape index (κ3) is 5.53. The molecule has 34 heavy (non-hydrogen) atoms. The van der Waals surface area contributed by atoms with Gasteiger partial charge in [0.1, 0.15) is 0 Å². The lowest BCUT2D eigenvalue weighted by Crippen LogP contribution is -2.33. The van der Waals surface area contributed by atoms with Crippen molar-refractivity contribution in [1.82, 2.24) is 24.6 Å². The number of anilines is 1. The van der Waals surface area contributed by atoms with Crippen LogP contribution in [-0.2, 0) is 17.8 Å². The largest absolute Gasteiger partial charge is 0.325 e. The van der Waals surface area contributed by atoms with Crippen molar-refractivity contribution < 1.29 is 4.79 Å². The fraction of sp³-hybridized carbons (Fsp3) is 0.481. The molecular weight excluding hydrogens is 424 g/mol. The number of carbonyl (C=O) groups excluding carboxylic acids is 1. The van der Waals surface area contributed by atoms with Crippen molar-refractivity contribution in [2.24, 2.45) is 0 Å². The first-order valence-corrected chi connectivity index (χ1v) is 12.3. The third-order valence-electron chi connectivity index (χ3n) is 6.85. The molecule has 0 radical (unpaired) electrons. The number of para-hydroxylation sites is 1. The molecular formula is C27H36N6O. The second kappa shape index (κ2) is 10.5. The molecule has 0 atom stereocenters. The van der Waals surface area contributed by atoms with E-state index in [1.807, 2.05) is 52.0 Å². The second-order valence-electron chi connectivity index (χ2n) is 9.60. The average Bonchev–Trinajstić information content (AvgIpc) is 3.08. The Hall–Kier alpha value is -3.06. The predicted molar refractivity (Wildman–Crippen MR) is 135 cm³/mol. The van der Waals surface area contributed by atoms with Crippen LogP contribution in [0, 0.1) is 27.7 Å². The van der Waals surface area contributed by atoms with Crippen LogP contribution in [0.5, 0.6) is 0 Å². The topological polar surface area (TPSA) is 75.9 Å². The zero-order valence-corrected chi connectivity index (χ0v) is 21.1. The summed E-state index contributed by atoms with van der Waals surface area (Å²) in [5, 5.41) is 7.79. The number of aryl methyl sites for hydroxylation is 3. The van der Waals surface area contributed by atoms with Gasteiger partial charge in [-0.05, 0) is 65.3 Å². The van der Waals surface area contributed by atoms with Crippen molar-refractivity contribution in [3.63, 3.8) is 0 Å². The predicted octanol–water partition coefficient (Wildman–Crippen LogP) is 4.84. The summed E-state index contributed by atoms with van der Waals surface area (Å²) in [5.41, 5.74) is 6.45. The van der Waals surface area contributed by atoms with Gasteiger partial charge in [0.05, 0.1) is 12.1 Å². The molecule has 7 nitrogen and oxygen atoms in total. The van der Waals surface area contributed by atoms with Gasteiger partial charge >= 0.3 is 0 Å². The van der Waals surface area contributed by atoms with Crippen molar-refractivity contribution in [3.8, 4) is 5.95 Å². The SMILES string of the molecule is Cc1cc(C)nc(-n2nc(C)c(CC(=O)Nc3ccccc3CN(C)C3CCCCC3)c2C)n1. The van der Waals surface area contributed by atoms with Crippen LogP contribution < -0.4 is 5.32 Å². The average molecular weight is 461 g/mol. The van der Waals surface area contributed by atoms with Crippen molar-refractivity contribution in [2.75, 3.05) is 12.4 Å². The van der Waals surface area contributed by atoms with Crippen LogP contribution >= 0.6 is 0 Å². The molecule has 7 heteroatoms. The highest BCUT2D eigenvalue weighted by Gasteiger charge is 2.21. The number of rotatable bonds is 7. The van der Waals surface area contributed by atoms with Crippen molar-refractivity contribution >= 4 is 11.6 Å². The molecule has 1 aromatic carbocycles. The molecule has 0 bridgehead atoms. The molecule has 1 saturated carbocycles. The number of hydrogen-bond acceptors (Lipinski definition) is 5. The Kier molecular flexibility index (Phi) is 7.41. The summed E-state index contributed by atoms with van der Waals surface area (Å²) in [6, 6.07) is 10.7. The first kappa shape index (κ1) is 24.1. The van der Waals surface area contributed by atoms with E-state index in [0.29, 0.717) is 12.0 Å². The quantitative estimate of drug-likeness (QED) is 0.546. The normalized spacial score (nSPS) is 14.5. The van der Waals surface area contributed by atoms with E-state index in [2.05, 4.69) is 38.4 Å². The summed E-state index contributed by atoms with van der Waals surface area (Å²) in [6.45, 7) is 8.63. The van der Waals surface area contributed by atoms with Gasteiger partial charge in [-0.3, -0.25) is 9.69 Å². The number of aromatic nitrogens is 4. The Bertz CT molecular complexity index is 1140. The maximum absolute atomic E-state index is 13.1. The molecule has 1 N–H and O–H groups in total. The van der Waals surface area contributed by atoms with Gasteiger partial charge in [-0.1, -0.05) is 37.5 Å². The molecule has 0 spiro atoms. The first-order valence-electron chi connectivity index (χ1n) is 12.3. The molecule has 0 unspecified atom stereocenters. The van der Waals surface area contributed by atoms with E-state index in [4.69, 9.17) is 0 Å². The maximum Gasteiger partial charge on any atom is 0.251 e. The number of benzene rings is 1. The van der Waals surface area contributed by atoms with Gasteiger partial charge in [0, 0.05) is 40.9 Å². The summed E-state index contributed by atoms with van der Waals surface area (Å²) in [7, 11) is 2.20. The minimum atomic E-state index is -0.0418. The van der Waals surface area contributed by atoms with Crippen LogP contribution in [0.2, 0.25) is 0 Å². The van der Waals surface area contributed by atoms with Crippen LogP contribution in [0.3, 0.4) is 0 Å². The Balaban J connectivity index is 1.48. The number of nitrogens with zero attached hydrogens (tertiary/aromatic N) is 5. The summed E-state index contributed by atoms with van der Waals surface area (Å²) in [4.78, 5) is 24.6. The number of nitrogens with one attached hydrogen (secondary N) is 1. The highest BCUT2D eigenvalue weighted by atomic mass is 16.1. The zero-order chi connectivity index (χ0) is 24.2. The Labute approximate surface area is 202 Å². The summed E-state index contributed by atoms with van der Waals surface area (Å²) >= 11 is 0. The summed E-state index contributed by atoms with van der Waals surface area (Å²) in [6.07, 6.45) is 6.76. The number of hydrogen-bond donors (Lipinski definition) is 1. The van der Waals surface area contributed by atoms with Gasteiger partial charge < -0.3 is 5.32 Å². The smallest absolute Gasteiger partial charge is 0.251 e. The Morgan fingerprint density at radius 2 is 1.74 bits per heavy atom. The number of amides is 1. The lowest BCUT2D eigenvalue weighted by Gasteiger charge is -2.31. The molecule has 180 valence electrons. The van der Waals surface area contributed by atoms with Crippen LogP contribution in [0.15, 0.2) is 30.3 Å². The fourth-order valence-corrected chi connectivity index (χ4v) is 4.98. The molecule has 1 aliphatic rings. The van der Waals surface area contributed by atoms with Gasteiger partial charge in [-0.25, -0.2) is 14.6 Å². The Morgan fingerprint density at radius 3 is 2.44 bits per heavy atom. The molecule has 0 aliphatic heterocycles. The van der Waals surface area contributed by atoms with Gasteiger partial charge in [0.2, 0.25) is 5.91 Å². The molecule has 4 rings (SSSR count). The molecule has 1 aliphatic carbocycles. The monoisotopic (exact) mass is 460 g/mol. The van der Waals surface area contributed by atoms with E-state index in [-0.39, 0.29) is 12.3 Å². The van der Waals surface area contributed by atoms with Gasteiger partial charge in [-0.15, -0.1) is 0 Å². The lowest BCUT2D eigenvalue weighted by atomic mass is 9.94. The van der Waals surface area contributed by atoms with Gasteiger partial charge in [-0.2, -0.15) is 5.10 Å². The van der Waals surface area contributed by atoms with E-state index in [0.717, 1.165) is 46.1 Å². The molecule has 2 heterocycles. The van der Waals surface area contributed by atoms with E-state index in [1.54, 1.807) is 4.68 Å².